The van der Waals surface area contributed by atoms with Crippen LogP contribution in [0.15, 0.2) is 35.7 Å². The minimum absolute atomic E-state index is 0.0276. The number of hydrogen-bond donors (Lipinski definition) is 2. The van der Waals surface area contributed by atoms with Crippen LogP contribution in [-0.2, 0) is 21.6 Å². The van der Waals surface area contributed by atoms with E-state index in [1.807, 2.05) is 37.3 Å². The van der Waals surface area contributed by atoms with Crippen molar-refractivity contribution in [2.45, 2.75) is 44.4 Å². The van der Waals surface area contributed by atoms with Crippen molar-refractivity contribution in [2.24, 2.45) is 5.92 Å². The van der Waals surface area contributed by atoms with E-state index >= 15 is 0 Å². The lowest BCUT2D eigenvalue weighted by molar-refractivity contribution is -0.134. The summed E-state index contributed by atoms with van der Waals surface area (Å²) in [6.07, 6.45) is 1.45. The Morgan fingerprint density at radius 3 is 2.76 bits per heavy atom. The van der Waals surface area contributed by atoms with Crippen LogP contribution in [0.5, 0.6) is 0 Å². The third kappa shape index (κ3) is 4.53. The Balaban J connectivity index is 1.52. The van der Waals surface area contributed by atoms with Crippen molar-refractivity contribution in [1.29, 1.82) is 0 Å². The molecule has 6 nitrogen and oxygen atoms in total. The Morgan fingerprint density at radius 1 is 1.34 bits per heavy atom. The van der Waals surface area contributed by atoms with Gasteiger partial charge in [-0.1, -0.05) is 30.3 Å². The summed E-state index contributed by atoms with van der Waals surface area (Å²) < 4.78 is 5.40. The van der Waals surface area contributed by atoms with Gasteiger partial charge in [0.1, 0.15) is 0 Å². The Bertz CT molecular complexity index is 822. The molecule has 1 amide bonds. The summed E-state index contributed by atoms with van der Waals surface area (Å²) >= 11 is 1.65. The van der Waals surface area contributed by atoms with Gasteiger partial charge in [-0.15, -0.1) is 11.3 Å². The second-order valence-corrected chi connectivity index (χ2v) is 9.13. The van der Waals surface area contributed by atoms with Crippen LogP contribution in [-0.4, -0.2) is 53.3 Å². The van der Waals surface area contributed by atoms with Gasteiger partial charge in [0.2, 0.25) is 5.91 Å². The van der Waals surface area contributed by atoms with Crippen LogP contribution >= 0.6 is 11.3 Å². The second kappa shape index (κ2) is 8.92. The van der Waals surface area contributed by atoms with Gasteiger partial charge in [0.25, 0.3) is 0 Å². The minimum Gasteiger partial charge on any atom is -0.389 e. The summed E-state index contributed by atoms with van der Waals surface area (Å²) in [6.45, 7) is 5.27. The van der Waals surface area contributed by atoms with E-state index in [2.05, 4.69) is 20.6 Å². The van der Waals surface area contributed by atoms with Crippen LogP contribution in [0.3, 0.4) is 0 Å². The Hall–Kier alpha value is -1.80. The maximum absolute atomic E-state index is 13.1. The fourth-order valence-electron chi connectivity index (χ4n) is 4.42. The highest BCUT2D eigenvalue weighted by Gasteiger charge is 2.45. The molecule has 0 bridgehead atoms. The average Bonchev–Trinajstić information content (AvgIpc) is 3.16. The molecule has 2 saturated heterocycles. The van der Waals surface area contributed by atoms with Gasteiger partial charge in [-0.25, -0.2) is 4.98 Å². The van der Waals surface area contributed by atoms with E-state index in [-0.39, 0.29) is 11.8 Å². The second-order valence-electron chi connectivity index (χ2n) is 8.07. The Kier molecular flexibility index (Phi) is 6.29. The van der Waals surface area contributed by atoms with Gasteiger partial charge in [0.05, 0.1) is 22.3 Å². The van der Waals surface area contributed by atoms with Crippen molar-refractivity contribution in [3.63, 3.8) is 0 Å². The summed E-state index contributed by atoms with van der Waals surface area (Å²) in [5.74, 6) is -0.0210. The van der Waals surface area contributed by atoms with E-state index in [1.165, 1.54) is 0 Å². The molecule has 0 saturated carbocycles. The molecule has 7 heteroatoms. The van der Waals surface area contributed by atoms with Crippen molar-refractivity contribution in [1.82, 2.24) is 15.2 Å². The van der Waals surface area contributed by atoms with Crippen LogP contribution in [0.1, 0.15) is 35.5 Å². The number of nitrogens with one attached hydrogen (secondary N) is 1. The topological polar surface area (TPSA) is 74.7 Å². The highest BCUT2D eigenvalue weighted by Crippen LogP contribution is 2.35. The molecule has 2 aromatic rings. The summed E-state index contributed by atoms with van der Waals surface area (Å²) in [5.41, 5.74) is 1.25. The van der Waals surface area contributed by atoms with E-state index in [4.69, 9.17) is 4.74 Å². The molecule has 1 aromatic heterocycles. The number of thiazole rings is 1. The molecule has 0 radical (unpaired) electrons. The number of carbonyl (C=O) groups is 1. The van der Waals surface area contributed by atoms with Crippen LogP contribution in [0.4, 0.5) is 0 Å². The number of piperidine rings is 1. The first kappa shape index (κ1) is 20.5. The summed E-state index contributed by atoms with van der Waals surface area (Å²) in [6, 6.07) is 9.91. The molecule has 0 aliphatic carbocycles. The van der Waals surface area contributed by atoms with Crippen LogP contribution < -0.4 is 5.32 Å². The van der Waals surface area contributed by atoms with Gasteiger partial charge in [0.15, 0.2) is 0 Å². The molecule has 29 heavy (non-hydrogen) atoms. The minimum atomic E-state index is -0.759. The molecule has 2 N–H and O–H groups in total. The van der Waals surface area contributed by atoms with E-state index in [0.717, 1.165) is 42.2 Å². The van der Waals surface area contributed by atoms with Gasteiger partial charge in [-0.3, -0.25) is 9.69 Å². The standard InChI is InChI=1S/C22H29N3O3S/c1-16-23-19(15-29-16)13-25-10-9-22(20(26)14-25,18-5-3-2-4-6-18)24-21(27)17-7-11-28-12-8-17/h2-6,15,17,20,26H,7-14H2,1H3,(H,24,27)/t20-,22-/m1/s1. The number of β-amino-alcohol motifs (C(OH)–C–C–N with tert-alkyl or cyclic N) is 1. The maximum atomic E-state index is 13.1. The van der Waals surface area contributed by atoms with Crippen molar-refractivity contribution >= 4 is 17.2 Å². The number of rotatable bonds is 5. The number of carbonyl (C=O) groups excluding carboxylic acids is 1. The Morgan fingerprint density at radius 2 is 2.10 bits per heavy atom. The lowest BCUT2D eigenvalue weighted by Gasteiger charge is -2.47. The number of aliphatic hydroxyl groups excluding tert-OH is 1. The quantitative estimate of drug-likeness (QED) is 0.785. The third-order valence-electron chi connectivity index (χ3n) is 6.10. The number of benzene rings is 1. The summed E-state index contributed by atoms with van der Waals surface area (Å²) in [7, 11) is 0. The molecule has 2 aliphatic heterocycles. The molecular formula is C22H29N3O3S. The van der Waals surface area contributed by atoms with Crippen LogP contribution in [0, 0.1) is 12.8 Å². The molecule has 2 fully saturated rings. The van der Waals surface area contributed by atoms with Crippen molar-refractivity contribution in [3.8, 4) is 0 Å². The number of amides is 1. The van der Waals surface area contributed by atoms with E-state index in [1.54, 1.807) is 11.3 Å². The molecule has 0 unspecified atom stereocenters. The zero-order valence-corrected chi connectivity index (χ0v) is 17.7. The van der Waals surface area contributed by atoms with Crippen LogP contribution in [0.25, 0.3) is 0 Å². The number of nitrogens with zero attached hydrogens (tertiary/aromatic N) is 2. The van der Waals surface area contributed by atoms with Crippen molar-refractivity contribution < 1.29 is 14.6 Å². The number of aliphatic hydroxyl groups is 1. The molecule has 4 rings (SSSR count). The molecule has 2 aliphatic rings. The third-order valence-corrected chi connectivity index (χ3v) is 6.92. The smallest absolute Gasteiger partial charge is 0.224 e. The first-order valence-corrected chi connectivity index (χ1v) is 11.2. The highest BCUT2D eigenvalue weighted by molar-refractivity contribution is 7.09. The molecule has 0 spiro atoms. The van der Waals surface area contributed by atoms with E-state index in [0.29, 0.717) is 26.2 Å². The molecule has 2 atom stereocenters. The predicted molar refractivity (Wildman–Crippen MR) is 113 cm³/mol. The highest BCUT2D eigenvalue weighted by atomic mass is 32.1. The number of hydrogen-bond acceptors (Lipinski definition) is 6. The lowest BCUT2D eigenvalue weighted by Crippen LogP contribution is -2.62. The van der Waals surface area contributed by atoms with Crippen LogP contribution in [0.2, 0.25) is 0 Å². The SMILES string of the molecule is Cc1nc(CN2CC[C@@](NC(=O)C3CCOCC3)(c3ccccc3)[C@H](O)C2)cs1. The number of aryl methyl sites for hydroxylation is 1. The van der Waals surface area contributed by atoms with Gasteiger partial charge in [-0.05, 0) is 31.7 Å². The first-order chi connectivity index (χ1) is 14.1. The van der Waals surface area contributed by atoms with Crippen molar-refractivity contribution in [2.75, 3.05) is 26.3 Å². The molecule has 3 heterocycles. The molecule has 1 aromatic carbocycles. The summed E-state index contributed by atoms with van der Waals surface area (Å²) in [5, 5.41) is 17.7. The average molecular weight is 416 g/mol. The zero-order valence-electron chi connectivity index (χ0n) is 16.8. The van der Waals surface area contributed by atoms with Gasteiger partial charge in [-0.2, -0.15) is 0 Å². The number of aromatic nitrogens is 1. The largest absolute Gasteiger partial charge is 0.389 e. The lowest BCUT2D eigenvalue weighted by atomic mass is 9.78. The molecular weight excluding hydrogens is 386 g/mol. The monoisotopic (exact) mass is 415 g/mol. The molecule has 156 valence electrons. The van der Waals surface area contributed by atoms with Crippen molar-refractivity contribution in [3.05, 3.63) is 52.0 Å². The zero-order chi connectivity index (χ0) is 20.3. The predicted octanol–water partition coefficient (Wildman–Crippen LogP) is 2.46. The number of ether oxygens (including phenoxy) is 1. The number of likely N-dealkylation sites (tertiary alicyclic amines) is 1. The van der Waals surface area contributed by atoms with E-state index in [9.17, 15) is 9.90 Å². The van der Waals surface area contributed by atoms with Gasteiger partial charge in [0, 0.05) is 44.1 Å². The van der Waals surface area contributed by atoms with E-state index < -0.39 is 11.6 Å². The first-order valence-electron chi connectivity index (χ1n) is 10.3. The maximum Gasteiger partial charge on any atom is 0.224 e. The normalized spacial score (nSPS) is 26.3. The fourth-order valence-corrected chi connectivity index (χ4v) is 5.02. The fraction of sp³-hybridized carbons (Fsp3) is 0.545. The van der Waals surface area contributed by atoms with Gasteiger partial charge >= 0.3 is 0 Å². The Labute approximate surface area is 175 Å². The summed E-state index contributed by atoms with van der Waals surface area (Å²) in [4.78, 5) is 19.8. The van der Waals surface area contributed by atoms with Gasteiger partial charge < -0.3 is 15.2 Å².